The topological polar surface area (TPSA) is 89.0 Å². The van der Waals surface area contributed by atoms with Crippen LogP contribution in [0.2, 0.25) is 0 Å². The predicted molar refractivity (Wildman–Crippen MR) is 124 cm³/mol. The average molecular weight is 480 g/mol. The summed E-state index contributed by atoms with van der Waals surface area (Å²) in [5.41, 5.74) is 0.0994. The van der Waals surface area contributed by atoms with E-state index in [4.69, 9.17) is 9.47 Å². The smallest absolute Gasteiger partial charge is 0.300 e. The molecule has 1 amide bonds. The van der Waals surface area contributed by atoms with Gasteiger partial charge >= 0.3 is 0 Å². The third-order valence-corrected chi connectivity index (χ3v) is 5.41. The molecule has 0 aliphatic carbocycles. The fourth-order valence-electron chi connectivity index (χ4n) is 3.93. The van der Waals surface area contributed by atoms with Crippen molar-refractivity contribution in [3.63, 3.8) is 0 Å². The Morgan fingerprint density at radius 3 is 2.43 bits per heavy atom. The molecule has 0 spiro atoms. The van der Waals surface area contributed by atoms with Crippen molar-refractivity contribution in [3.8, 4) is 11.5 Å². The third-order valence-electron chi connectivity index (χ3n) is 5.41. The summed E-state index contributed by atoms with van der Waals surface area (Å²) in [4.78, 5) is 31.6. The standard InChI is InChI=1S/C26H22F2N2O5/c1-3-34-16-9-10-17(21(14-16)35-4-2)24(31)22-23(20-7-5-6-12-29-20)30(26(33)25(22)32)15-8-11-18(27)19(28)13-15/h5-14,23,31H,3-4H2,1-2H3/b24-22-. The molecule has 35 heavy (non-hydrogen) atoms. The van der Waals surface area contributed by atoms with Crippen LogP contribution >= 0.6 is 0 Å². The maximum absolute atomic E-state index is 14.0. The number of halogens is 2. The molecule has 180 valence electrons. The Morgan fingerprint density at radius 1 is 1.00 bits per heavy atom. The molecule has 1 aromatic heterocycles. The number of ketones is 1. The Balaban J connectivity index is 1.93. The Bertz CT molecular complexity index is 1310. The molecule has 1 saturated heterocycles. The van der Waals surface area contributed by atoms with Crippen LogP contribution < -0.4 is 14.4 Å². The van der Waals surface area contributed by atoms with Crippen molar-refractivity contribution in [2.24, 2.45) is 0 Å². The summed E-state index contributed by atoms with van der Waals surface area (Å²) < 4.78 is 38.8. The van der Waals surface area contributed by atoms with Crippen LogP contribution in [-0.2, 0) is 9.59 Å². The lowest BCUT2D eigenvalue weighted by atomic mass is 9.97. The first kappa shape index (κ1) is 23.9. The van der Waals surface area contributed by atoms with Gasteiger partial charge in [-0.1, -0.05) is 6.07 Å². The van der Waals surface area contributed by atoms with Crippen LogP contribution in [0.25, 0.3) is 5.76 Å². The monoisotopic (exact) mass is 480 g/mol. The van der Waals surface area contributed by atoms with Crippen LogP contribution in [-0.4, -0.2) is 35.0 Å². The Morgan fingerprint density at radius 2 is 1.77 bits per heavy atom. The molecule has 2 heterocycles. The first-order valence-corrected chi connectivity index (χ1v) is 10.9. The molecule has 1 N–H and O–H groups in total. The number of benzene rings is 2. The van der Waals surface area contributed by atoms with Crippen LogP contribution in [0.15, 0.2) is 66.4 Å². The first-order chi connectivity index (χ1) is 16.9. The number of ether oxygens (including phenoxy) is 2. The number of hydrogen-bond donors (Lipinski definition) is 1. The molecule has 0 radical (unpaired) electrons. The third kappa shape index (κ3) is 4.44. The van der Waals surface area contributed by atoms with Gasteiger partial charge in [-0.25, -0.2) is 8.78 Å². The van der Waals surface area contributed by atoms with Crippen molar-refractivity contribution in [2.45, 2.75) is 19.9 Å². The van der Waals surface area contributed by atoms with Gasteiger partial charge in [-0.2, -0.15) is 0 Å². The number of hydrogen-bond acceptors (Lipinski definition) is 6. The van der Waals surface area contributed by atoms with Crippen molar-refractivity contribution >= 4 is 23.1 Å². The highest BCUT2D eigenvalue weighted by Gasteiger charge is 2.48. The van der Waals surface area contributed by atoms with Crippen molar-refractivity contribution in [1.29, 1.82) is 0 Å². The van der Waals surface area contributed by atoms with E-state index in [1.807, 2.05) is 6.92 Å². The Kier molecular flexibility index (Phi) is 6.77. The van der Waals surface area contributed by atoms with Crippen LogP contribution in [0.5, 0.6) is 11.5 Å². The van der Waals surface area contributed by atoms with Crippen molar-refractivity contribution in [3.05, 3.63) is 89.3 Å². The summed E-state index contributed by atoms with van der Waals surface area (Å²) in [5.74, 6) is -4.05. The van der Waals surface area contributed by atoms with Gasteiger partial charge in [0.2, 0.25) is 0 Å². The van der Waals surface area contributed by atoms with Gasteiger partial charge < -0.3 is 14.6 Å². The van der Waals surface area contributed by atoms with E-state index in [9.17, 15) is 23.5 Å². The summed E-state index contributed by atoms with van der Waals surface area (Å²) in [6, 6.07) is 11.2. The minimum absolute atomic E-state index is 0.0579. The van der Waals surface area contributed by atoms with Gasteiger partial charge in [-0.05, 0) is 50.2 Å². The van der Waals surface area contributed by atoms with Crippen molar-refractivity contribution in [2.75, 3.05) is 18.1 Å². The molecule has 3 aromatic rings. The highest BCUT2D eigenvalue weighted by atomic mass is 19.2. The van der Waals surface area contributed by atoms with Gasteiger partial charge in [0.1, 0.15) is 23.3 Å². The number of aliphatic hydroxyl groups is 1. The zero-order valence-electron chi connectivity index (χ0n) is 19.0. The van der Waals surface area contributed by atoms with Gasteiger partial charge in [0.05, 0.1) is 30.0 Å². The number of Topliss-reactive ketones (excluding diaryl/α,β-unsaturated/α-hetero) is 1. The molecule has 2 aromatic carbocycles. The number of aromatic nitrogens is 1. The quantitative estimate of drug-likeness (QED) is 0.297. The summed E-state index contributed by atoms with van der Waals surface area (Å²) >= 11 is 0. The Labute approximate surface area is 200 Å². The number of carbonyl (C=O) groups excluding carboxylic acids is 2. The van der Waals surface area contributed by atoms with Crippen LogP contribution in [0.1, 0.15) is 31.1 Å². The fraction of sp³-hybridized carbons (Fsp3) is 0.192. The second-order valence-corrected chi connectivity index (χ2v) is 7.55. The highest BCUT2D eigenvalue weighted by molar-refractivity contribution is 6.51. The molecule has 1 unspecified atom stereocenters. The van der Waals surface area contributed by atoms with Gasteiger partial charge in [-0.15, -0.1) is 0 Å². The lowest BCUT2D eigenvalue weighted by Crippen LogP contribution is -2.30. The lowest BCUT2D eigenvalue weighted by molar-refractivity contribution is -0.132. The molecule has 4 rings (SSSR count). The maximum Gasteiger partial charge on any atom is 0.300 e. The number of nitrogens with zero attached hydrogens (tertiary/aromatic N) is 2. The second-order valence-electron chi connectivity index (χ2n) is 7.55. The van der Waals surface area contributed by atoms with Crippen molar-refractivity contribution < 1.29 is 33.0 Å². The summed E-state index contributed by atoms with van der Waals surface area (Å²) in [6.07, 6.45) is 1.46. The molecule has 0 bridgehead atoms. The maximum atomic E-state index is 14.0. The number of anilines is 1. The molecule has 7 nitrogen and oxygen atoms in total. The molecular formula is C26H22F2N2O5. The molecule has 1 aliphatic rings. The van der Waals surface area contributed by atoms with Gasteiger partial charge in [0, 0.05) is 24.0 Å². The zero-order chi connectivity index (χ0) is 25.1. The molecule has 0 saturated carbocycles. The lowest BCUT2D eigenvalue weighted by Gasteiger charge is -2.24. The summed E-state index contributed by atoms with van der Waals surface area (Å²) in [5, 5.41) is 11.3. The molecular weight excluding hydrogens is 458 g/mol. The minimum Gasteiger partial charge on any atom is -0.507 e. The molecule has 1 aliphatic heterocycles. The van der Waals surface area contributed by atoms with E-state index in [-0.39, 0.29) is 34.9 Å². The summed E-state index contributed by atoms with van der Waals surface area (Å²) in [7, 11) is 0. The molecule has 9 heteroatoms. The van der Waals surface area contributed by atoms with Crippen molar-refractivity contribution in [1.82, 2.24) is 4.98 Å². The van der Waals surface area contributed by atoms with Crippen LogP contribution in [0.4, 0.5) is 14.5 Å². The van der Waals surface area contributed by atoms with Gasteiger partial charge in [0.15, 0.2) is 11.6 Å². The van der Waals surface area contributed by atoms with Crippen LogP contribution in [0, 0.1) is 11.6 Å². The Hall–Kier alpha value is -4.27. The minimum atomic E-state index is -1.19. The highest BCUT2D eigenvalue weighted by Crippen LogP contribution is 2.43. The van der Waals surface area contributed by atoms with E-state index in [2.05, 4.69) is 4.98 Å². The molecule has 1 fully saturated rings. The van der Waals surface area contributed by atoms with E-state index in [0.29, 0.717) is 12.4 Å². The number of pyridine rings is 1. The summed E-state index contributed by atoms with van der Waals surface area (Å²) in [6.45, 7) is 4.26. The van der Waals surface area contributed by atoms with Crippen LogP contribution in [0.3, 0.4) is 0 Å². The second kappa shape index (κ2) is 9.92. The van der Waals surface area contributed by atoms with E-state index in [1.54, 1.807) is 37.3 Å². The fourth-order valence-corrected chi connectivity index (χ4v) is 3.93. The number of carbonyl (C=O) groups is 2. The SMILES string of the molecule is CCOc1ccc(/C(O)=C2/C(=O)C(=O)N(c3ccc(F)c(F)c3)C2c2ccccn2)c(OCC)c1. The van der Waals surface area contributed by atoms with E-state index < -0.39 is 35.1 Å². The largest absolute Gasteiger partial charge is 0.507 e. The van der Waals surface area contributed by atoms with Gasteiger partial charge in [-0.3, -0.25) is 19.5 Å². The zero-order valence-corrected chi connectivity index (χ0v) is 19.0. The van der Waals surface area contributed by atoms with E-state index in [1.165, 1.54) is 18.3 Å². The van der Waals surface area contributed by atoms with E-state index in [0.717, 1.165) is 17.0 Å². The predicted octanol–water partition coefficient (Wildman–Crippen LogP) is 4.78. The normalized spacial score (nSPS) is 17.0. The number of amides is 1. The average Bonchev–Trinajstić information content (AvgIpc) is 3.12. The van der Waals surface area contributed by atoms with E-state index >= 15 is 0 Å². The van der Waals surface area contributed by atoms with Gasteiger partial charge in [0.25, 0.3) is 11.7 Å². The first-order valence-electron chi connectivity index (χ1n) is 10.9. The number of rotatable bonds is 7. The number of aliphatic hydroxyl groups excluding tert-OH is 1. The molecule has 1 atom stereocenters.